The van der Waals surface area contributed by atoms with Crippen LogP contribution in [0.3, 0.4) is 0 Å². The minimum absolute atomic E-state index is 0. The molecular formula is C46H68K2O11. The summed E-state index contributed by atoms with van der Waals surface area (Å²) in [6.45, 7) is 3.56. The zero-order valence-electron chi connectivity index (χ0n) is 36.1. The van der Waals surface area contributed by atoms with Crippen LogP contribution in [-0.4, -0.2) is 80.6 Å². The molecule has 4 aliphatic carbocycles. The Morgan fingerprint density at radius 3 is 1.49 bits per heavy atom. The summed E-state index contributed by atoms with van der Waals surface area (Å²) in [5.41, 5.74) is 4.60. The number of carbonyl (C=O) groups is 2. The summed E-state index contributed by atoms with van der Waals surface area (Å²) in [4.78, 5) is 21.6. The van der Waals surface area contributed by atoms with Gasteiger partial charge in [0.1, 0.15) is 18.1 Å². The molecule has 0 aromatic heterocycles. The molecule has 2 aromatic rings. The number of aliphatic carboxylic acids is 2. The van der Waals surface area contributed by atoms with E-state index in [1.165, 1.54) is 11.1 Å². The molecule has 0 spiro atoms. The van der Waals surface area contributed by atoms with E-state index in [0.717, 1.165) is 127 Å². The summed E-state index contributed by atoms with van der Waals surface area (Å²) in [7, 11) is 0. The van der Waals surface area contributed by atoms with Crippen molar-refractivity contribution in [3.63, 3.8) is 0 Å². The quantitative estimate of drug-likeness (QED) is 0.0860. The third-order valence-electron chi connectivity index (χ3n) is 13.3. The van der Waals surface area contributed by atoms with E-state index in [2.05, 4.69) is 26.0 Å². The average molecular weight is 875 g/mol. The first-order valence-electron chi connectivity index (χ1n) is 21.6. The molecule has 2 aromatic carbocycles. The van der Waals surface area contributed by atoms with E-state index in [4.69, 9.17) is 14.6 Å². The van der Waals surface area contributed by atoms with Crippen molar-refractivity contribution in [1.82, 2.24) is 0 Å². The van der Waals surface area contributed by atoms with Crippen LogP contribution in [0.15, 0.2) is 36.4 Å². The molecule has 2 fully saturated rings. The molecule has 4 aliphatic rings. The van der Waals surface area contributed by atoms with Crippen molar-refractivity contribution in [2.75, 3.05) is 13.2 Å². The second kappa shape index (κ2) is 28.1. The molecule has 59 heavy (non-hydrogen) atoms. The van der Waals surface area contributed by atoms with Crippen LogP contribution in [-0.2, 0) is 35.3 Å². The van der Waals surface area contributed by atoms with Gasteiger partial charge in [-0.25, -0.2) is 4.79 Å². The van der Waals surface area contributed by atoms with E-state index < -0.39 is 18.5 Å². The van der Waals surface area contributed by atoms with Crippen molar-refractivity contribution < 1.29 is 158 Å². The maximum Gasteiger partial charge on any atom is 1.00 e. The summed E-state index contributed by atoms with van der Waals surface area (Å²) in [6, 6.07) is 11.7. The molecule has 0 bridgehead atoms. The number of rotatable bonds is 20. The smallest absolute Gasteiger partial charge is 0.870 e. The van der Waals surface area contributed by atoms with Gasteiger partial charge in [0.2, 0.25) is 0 Å². The predicted octanol–water partition coefficient (Wildman–Crippen LogP) is -0.337. The van der Waals surface area contributed by atoms with Gasteiger partial charge in [-0.05, 0) is 147 Å². The number of hydrogen-bond acceptors (Lipinski definition) is 10. The molecule has 13 heteroatoms. The van der Waals surface area contributed by atoms with Crippen LogP contribution in [0.1, 0.15) is 126 Å². The van der Waals surface area contributed by atoms with Gasteiger partial charge in [-0.15, -0.1) is 0 Å². The third kappa shape index (κ3) is 16.2. The van der Waals surface area contributed by atoms with Crippen LogP contribution in [0, 0.1) is 35.5 Å². The van der Waals surface area contributed by atoms with Crippen LogP contribution >= 0.6 is 0 Å². The fourth-order valence-electron chi connectivity index (χ4n) is 10.5. The summed E-state index contributed by atoms with van der Waals surface area (Å²) < 4.78 is 10.9. The van der Waals surface area contributed by atoms with Crippen molar-refractivity contribution in [3.05, 3.63) is 58.7 Å². The van der Waals surface area contributed by atoms with Gasteiger partial charge >= 0.3 is 109 Å². The molecule has 0 heterocycles. The zero-order valence-corrected chi connectivity index (χ0v) is 42.4. The monoisotopic (exact) mass is 874 g/mol. The van der Waals surface area contributed by atoms with Crippen LogP contribution in [0.5, 0.6) is 11.5 Å². The number of carbonyl (C=O) groups excluding carboxylic acids is 1. The Labute approximate surface area is 437 Å². The number of fused-ring (bicyclic) bond motifs is 4. The van der Waals surface area contributed by atoms with E-state index in [0.29, 0.717) is 35.2 Å². The Hall–Kier alpha value is 0.0527. The minimum atomic E-state index is -1.22. The molecule has 10 atom stereocenters. The van der Waals surface area contributed by atoms with Crippen molar-refractivity contribution in [2.24, 2.45) is 35.5 Å². The van der Waals surface area contributed by atoms with Crippen molar-refractivity contribution >= 4 is 11.9 Å². The first-order chi connectivity index (χ1) is 27.0. The zero-order chi connectivity index (χ0) is 40.2. The fraction of sp³-hybridized carbons (Fsp3) is 0.696. The van der Waals surface area contributed by atoms with Crippen molar-refractivity contribution in [2.45, 2.75) is 154 Å². The molecule has 0 amide bonds. The Balaban J connectivity index is 0.000000387. The maximum absolute atomic E-state index is 10.8. The molecule has 2 saturated carbocycles. The van der Waals surface area contributed by atoms with E-state index in [1.807, 2.05) is 24.3 Å². The number of carboxylic acids is 2. The van der Waals surface area contributed by atoms with Gasteiger partial charge in [-0.1, -0.05) is 76.6 Å². The number of benzene rings is 2. The van der Waals surface area contributed by atoms with E-state index in [-0.39, 0.29) is 151 Å². The van der Waals surface area contributed by atoms with Crippen LogP contribution < -0.4 is 117 Å². The molecule has 0 unspecified atom stereocenters. The number of aliphatic hydroxyl groups excluding tert-OH is 4. The Bertz CT molecular complexity index is 1450. The topological polar surface area (TPSA) is 207 Å². The number of hydrogen-bond donors (Lipinski definition) is 5. The molecule has 11 nitrogen and oxygen atoms in total. The van der Waals surface area contributed by atoms with Crippen molar-refractivity contribution in [1.29, 1.82) is 0 Å². The predicted molar refractivity (Wildman–Crippen MR) is 214 cm³/mol. The first kappa shape index (κ1) is 55.2. The first-order valence-corrected chi connectivity index (χ1v) is 21.6. The number of ether oxygens (including phenoxy) is 2. The second-order valence-corrected chi connectivity index (χ2v) is 17.2. The van der Waals surface area contributed by atoms with E-state index >= 15 is 0 Å². The van der Waals surface area contributed by atoms with Gasteiger partial charge in [0.05, 0.1) is 30.4 Å². The van der Waals surface area contributed by atoms with Gasteiger partial charge < -0.3 is 50.4 Å². The number of aliphatic hydroxyl groups is 4. The van der Waals surface area contributed by atoms with Gasteiger partial charge in [0.15, 0.2) is 6.61 Å². The van der Waals surface area contributed by atoms with Crippen LogP contribution in [0.25, 0.3) is 0 Å². The fourth-order valence-corrected chi connectivity index (χ4v) is 10.5. The maximum atomic E-state index is 10.8. The summed E-state index contributed by atoms with van der Waals surface area (Å²) in [6.07, 6.45) is 15.6. The summed E-state index contributed by atoms with van der Waals surface area (Å²) >= 11 is 0. The van der Waals surface area contributed by atoms with E-state index in [9.17, 15) is 35.1 Å². The molecule has 6 rings (SSSR count). The van der Waals surface area contributed by atoms with Crippen LogP contribution in [0.4, 0.5) is 0 Å². The second-order valence-electron chi connectivity index (χ2n) is 17.2. The van der Waals surface area contributed by atoms with Gasteiger partial charge in [-0.2, -0.15) is 0 Å². The third-order valence-corrected chi connectivity index (χ3v) is 13.3. The standard InChI is InChI=1S/2C23H34O5.2K.H2O/c2*1-2-3-4-7-17(24)9-10-18-19-11-15-6-5-8-22(28-14-23(26)27)20(15)12-16(19)13-21(18)25;;;/h2*5-6,8,16-19,21,24-25H,2-4,7,9-14H2,1H3,(H,26,27);;;1H2/q;;2*+1;/p-2/t2*16-,17-,18+,19-,21+;;;/m00.../s1. The molecule has 0 saturated heterocycles. The summed E-state index contributed by atoms with van der Waals surface area (Å²) in [5.74, 6) is 1.21. The summed E-state index contributed by atoms with van der Waals surface area (Å²) in [5, 5.41) is 61.5. The SMILES string of the molecule is CCCCC[C@H](O)CC[C@@H]1[C@H]2Cc3cccc(OCC(=O)O)c3C[C@H]2C[C@H]1O.CCCCC[C@H](O)CC[C@@H]1[C@H]2Cc3cccc(OCC(=O)[O-])c3C[C@H]2C[C@H]1O.[K+].[K+].[OH-]. The molecule has 0 radical (unpaired) electrons. The number of unbranched alkanes of at least 4 members (excludes halogenated alkanes) is 4. The van der Waals surface area contributed by atoms with Gasteiger partial charge in [-0.3, -0.25) is 0 Å². The Morgan fingerprint density at radius 1 is 0.678 bits per heavy atom. The Kier molecular flexibility index (Phi) is 26.3. The largest absolute Gasteiger partial charge is 1.00 e. The van der Waals surface area contributed by atoms with Gasteiger partial charge in [0.25, 0.3) is 0 Å². The minimum Gasteiger partial charge on any atom is -0.870 e. The van der Waals surface area contributed by atoms with E-state index in [1.54, 1.807) is 0 Å². The van der Waals surface area contributed by atoms with Crippen LogP contribution in [0.2, 0.25) is 0 Å². The normalized spacial score (nSPS) is 25.7. The molecule has 0 aliphatic heterocycles. The average Bonchev–Trinajstić information content (AvgIpc) is 3.65. The molecule has 6 N–H and O–H groups in total. The molecular weight excluding hydrogens is 807 g/mol. The number of carboxylic acid groups (broad SMARTS) is 2. The molecule has 320 valence electrons. The van der Waals surface area contributed by atoms with Crippen molar-refractivity contribution in [3.8, 4) is 11.5 Å². The Morgan fingerprint density at radius 2 is 1.10 bits per heavy atom. The van der Waals surface area contributed by atoms with Gasteiger partial charge in [0, 0.05) is 0 Å².